The quantitative estimate of drug-likeness (QED) is 0.650. The molecule has 6 nitrogen and oxygen atoms in total. The lowest BCUT2D eigenvalue weighted by Crippen LogP contribution is -2.45. The van der Waals surface area contributed by atoms with Gasteiger partial charge in [-0.2, -0.15) is 0 Å². The van der Waals surface area contributed by atoms with Crippen LogP contribution in [0.25, 0.3) is 0 Å². The third-order valence-electron chi connectivity index (χ3n) is 2.44. The van der Waals surface area contributed by atoms with Gasteiger partial charge in [0.25, 0.3) is 0 Å². The number of carbonyl (C=O) groups excluding carboxylic acids is 1. The third kappa shape index (κ3) is 5.27. The maximum atomic E-state index is 11.9. The van der Waals surface area contributed by atoms with Crippen molar-refractivity contribution >= 4 is 21.6 Å². The number of sulfonamides is 1. The highest BCUT2D eigenvalue weighted by Gasteiger charge is 2.19. The third-order valence-corrected chi connectivity index (χ3v) is 3.86. The maximum absolute atomic E-state index is 11.9. The van der Waals surface area contributed by atoms with Crippen molar-refractivity contribution in [3.63, 3.8) is 0 Å². The molecule has 19 heavy (non-hydrogen) atoms. The van der Waals surface area contributed by atoms with E-state index in [2.05, 4.69) is 10.0 Å². The number of amides is 1. The zero-order chi connectivity index (χ0) is 14.5. The summed E-state index contributed by atoms with van der Waals surface area (Å²) in [6.45, 7) is 3.74. The minimum Gasteiger partial charge on any atom is -0.399 e. The predicted octanol–water partition coefficient (Wildman–Crippen LogP) is 0.213. The predicted molar refractivity (Wildman–Crippen MR) is 74.8 cm³/mol. The minimum absolute atomic E-state index is 0.184. The first-order valence-electron chi connectivity index (χ1n) is 5.96. The molecule has 0 aromatic heterocycles. The van der Waals surface area contributed by atoms with Crippen LogP contribution in [0.3, 0.4) is 0 Å². The number of hydrogen-bond donors (Lipinski definition) is 3. The number of likely N-dealkylation sites (N-methyl/N-ethyl adjacent to an activating group) is 1. The summed E-state index contributed by atoms with van der Waals surface area (Å²) < 4.78 is 26.1. The van der Waals surface area contributed by atoms with Gasteiger partial charge in [0.05, 0.1) is 11.8 Å². The van der Waals surface area contributed by atoms with Crippen LogP contribution >= 0.6 is 0 Å². The monoisotopic (exact) mass is 285 g/mol. The second kappa shape index (κ2) is 6.53. The number of rotatable bonds is 6. The smallest absolute Gasteiger partial charge is 0.237 e. The molecular formula is C12H19N3O3S. The highest BCUT2D eigenvalue weighted by Crippen LogP contribution is 2.09. The number of carbonyl (C=O) groups is 1. The highest BCUT2D eigenvalue weighted by molar-refractivity contribution is 7.88. The Morgan fingerprint density at radius 1 is 1.32 bits per heavy atom. The van der Waals surface area contributed by atoms with E-state index < -0.39 is 16.1 Å². The molecule has 1 aromatic carbocycles. The molecule has 0 fully saturated rings. The molecule has 0 heterocycles. The Balaban J connectivity index is 2.66. The van der Waals surface area contributed by atoms with Crippen molar-refractivity contribution in [2.24, 2.45) is 0 Å². The van der Waals surface area contributed by atoms with Crippen LogP contribution in [-0.2, 0) is 20.6 Å². The van der Waals surface area contributed by atoms with Gasteiger partial charge < -0.3 is 11.1 Å². The molecule has 0 bridgehead atoms. The van der Waals surface area contributed by atoms with E-state index in [0.29, 0.717) is 17.8 Å². The van der Waals surface area contributed by atoms with Gasteiger partial charge in [-0.05, 0) is 31.5 Å². The average molecular weight is 285 g/mol. The lowest BCUT2D eigenvalue weighted by atomic mass is 10.2. The molecule has 106 valence electrons. The van der Waals surface area contributed by atoms with Gasteiger partial charge in [0, 0.05) is 12.2 Å². The fraction of sp³-hybridized carbons (Fsp3) is 0.417. The Morgan fingerprint density at radius 2 is 1.89 bits per heavy atom. The molecule has 1 aromatic rings. The van der Waals surface area contributed by atoms with Gasteiger partial charge in [-0.3, -0.25) is 4.79 Å². The molecular weight excluding hydrogens is 266 g/mol. The average Bonchev–Trinajstić information content (AvgIpc) is 2.31. The highest BCUT2D eigenvalue weighted by atomic mass is 32.2. The van der Waals surface area contributed by atoms with Crippen LogP contribution in [0.2, 0.25) is 0 Å². The van der Waals surface area contributed by atoms with Crippen LogP contribution < -0.4 is 15.8 Å². The van der Waals surface area contributed by atoms with Crippen LogP contribution in [0.1, 0.15) is 19.4 Å². The summed E-state index contributed by atoms with van der Waals surface area (Å²) in [6, 6.07) is 5.77. The van der Waals surface area contributed by atoms with Gasteiger partial charge in [0.1, 0.15) is 0 Å². The molecule has 0 aliphatic carbocycles. The summed E-state index contributed by atoms with van der Waals surface area (Å²) in [5.41, 5.74) is 6.72. The van der Waals surface area contributed by atoms with E-state index in [-0.39, 0.29) is 11.7 Å². The van der Waals surface area contributed by atoms with E-state index >= 15 is 0 Å². The molecule has 1 amide bonds. The number of anilines is 1. The lowest BCUT2D eigenvalue weighted by molar-refractivity contribution is -0.122. The molecule has 7 heteroatoms. The van der Waals surface area contributed by atoms with E-state index in [1.807, 2.05) is 0 Å². The van der Waals surface area contributed by atoms with Crippen LogP contribution in [-0.4, -0.2) is 26.9 Å². The Morgan fingerprint density at radius 3 is 2.42 bits per heavy atom. The van der Waals surface area contributed by atoms with Gasteiger partial charge in [0.2, 0.25) is 15.9 Å². The van der Waals surface area contributed by atoms with E-state index in [1.54, 1.807) is 31.2 Å². The first-order chi connectivity index (χ1) is 8.84. The van der Waals surface area contributed by atoms with E-state index in [4.69, 9.17) is 5.73 Å². The number of nitrogen functional groups attached to an aromatic ring is 1. The molecule has 1 unspecified atom stereocenters. The molecule has 0 aliphatic heterocycles. The van der Waals surface area contributed by atoms with Gasteiger partial charge in [-0.1, -0.05) is 12.1 Å². The van der Waals surface area contributed by atoms with E-state index in [0.717, 1.165) is 0 Å². The number of hydrogen-bond acceptors (Lipinski definition) is 4. The fourth-order valence-corrected chi connectivity index (χ4v) is 2.89. The number of nitrogens with one attached hydrogen (secondary N) is 2. The second-order valence-corrected chi connectivity index (χ2v) is 5.99. The van der Waals surface area contributed by atoms with Crippen LogP contribution in [0.5, 0.6) is 0 Å². The molecule has 0 aliphatic rings. The van der Waals surface area contributed by atoms with Crippen LogP contribution in [0, 0.1) is 0 Å². The Kier molecular flexibility index (Phi) is 5.31. The van der Waals surface area contributed by atoms with Crippen LogP contribution in [0.4, 0.5) is 5.69 Å². The summed E-state index contributed by atoms with van der Waals surface area (Å²) in [4.78, 5) is 11.5. The molecule has 0 saturated heterocycles. The molecule has 0 saturated carbocycles. The molecule has 0 spiro atoms. The van der Waals surface area contributed by atoms with Crippen LogP contribution in [0.15, 0.2) is 24.3 Å². The van der Waals surface area contributed by atoms with Gasteiger partial charge in [-0.15, -0.1) is 0 Å². The summed E-state index contributed by atoms with van der Waals surface area (Å²) in [5.74, 6) is -0.528. The first-order valence-corrected chi connectivity index (χ1v) is 7.61. The summed E-state index contributed by atoms with van der Waals surface area (Å²) >= 11 is 0. The van der Waals surface area contributed by atoms with Gasteiger partial charge in [0.15, 0.2) is 0 Å². The van der Waals surface area contributed by atoms with E-state index in [1.165, 1.54) is 6.92 Å². The topological polar surface area (TPSA) is 101 Å². The first kappa shape index (κ1) is 15.5. The maximum Gasteiger partial charge on any atom is 0.237 e. The van der Waals surface area contributed by atoms with Crippen molar-refractivity contribution in [2.75, 3.05) is 12.3 Å². The molecule has 0 radical (unpaired) electrons. The zero-order valence-corrected chi connectivity index (χ0v) is 11.8. The molecule has 1 atom stereocenters. The zero-order valence-electron chi connectivity index (χ0n) is 11.0. The van der Waals surface area contributed by atoms with Crippen molar-refractivity contribution in [2.45, 2.75) is 25.6 Å². The normalized spacial score (nSPS) is 12.9. The largest absolute Gasteiger partial charge is 0.399 e. The van der Waals surface area contributed by atoms with Gasteiger partial charge in [-0.25, -0.2) is 13.1 Å². The Bertz CT molecular complexity index is 526. The van der Waals surface area contributed by atoms with Crippen molar-refractivity contribution in [3.8, 4) is 0 Å². The lowest BCUT2D eigenvalue weighted by Gasteiger charge is -2.13. The standard InChI is InChI=1S/C12H19N3O3S/c1-3-14-12(16)9(2)15-19(17,18)8-10-4-6-11(13)7-5-10/h4-7,9,15H,3,8,13H2,1-2H3,(H,14,16). The Hall–Kier alpha value is -1.60. The molecule has 1 rings (SSSR count). The SMILES string of the molecule is CCNC(=O)C(C)NS(=O)(=O)Cc1ccc(N)cc1. The minimum atomic E-state index is -3.56. The van der Waals surface area contributed by atoms with Crippen molar-refractivity contribution in [3.05, 3.63) is 29.8 Å². The number of benzene rings is 1. The van der Waals surface area contributed by atoms with E-state index in [9.17, 15) is 13.2 Å². The van der Waals surface area contributed by atoms with Gasteiger partial charge >= 0.3 is 0 Å². The van der Waals surface area contributed by atoms with Crippen molar-refractivity contribution in [1.29, 1.82) is 0 Å². The Labute approximate surface area is 113 Å². The summed E-state index contributed by atoms with van der Waals surface area (Å²) in [6.07, 6.45) is 0. The number of nitrogens with two attached hydrogens (primary N) is 1. The molecule has 4 N–H and O–H groups in total. The second-order valence-electron chi connectivity index (χ2n) is 4.23. The fourth-order valence-electron chi connectivity index (χ4n) is 1.53. The van der Waals surface area contributed by atoms with Crippen molar-refractivity contribution < 1.29 is 13.2 Å². The summed E-state index contributed by atoms with van der Waals surface area (Å²) in [7, 11) is -3.56. The van der Waals surface area contributed by atoms with Crippen molar-refractivity contribution in [1.82, 2.24) is 10.0 Å². The summed E-state index contributed by atoms with van der Waals surface area (Å²) in [5, 5.41) is 2.56.